The van der Waals surface area contributed by atoms with E-state index in [2.05, 4.69) is 0 Å². The first-order valence-corrected chi connectivity index (χ1v) is 4.28. The Bertz CT molecular complexity index is 171. The average molecular weight is 167 g/mol. The lowest BCUT2D eigenvalue weighted by atomic mass is 9.85. The number of hydrogen-bond acceptors (Lipinski definition) is 2. The molecule has 0 N–H and O–H groups in total. The van der Waals surface area contributed by atoms with Crippen LogP contribution < -0.4 is 0 Å². The van der Waals surface area contributed by atoms with Gasteiger partial charge in [-0.25, -0.2) is 0 Å². The van der Waals surface area contributed by atoms with Gasteiger partial charge in [0.1, 0.15) is 6.08 Å². The van der Waals surface area contributed by atoms with Crippen LogP contribution in [0.5, 0.6) is 0 Å². The zero-order chi connectivity index (χ0) is 9.41. The summed E-state index contributed by atoms with van der Waals surface area (Å²) in [7, 11) is -0.181. The van der Waals surface area contributed by atoms with Gasteiger partial charge in [-0.3, -0.25) is 0 Å². The van der Waals surface area contributed by atoms with E-state index < -0.39 is 0 Å². The topological polar surface area (TPSA) is 18.5 Å². The van der Waals surface area contributed by atoms with Crippen LogP contribution in [0.4, 0.5) is 0 Å². The Balaban J connectivity index is 2.67. The van der Waals surface area contributed by atoms with Gasteiger partial charge in [-0.15, -0.1) is 0 Å². The molecule has 0 saturated carbocycles. The SMILES string of the molecule is [CH+]=CCB1OC(C)(C)C(C)(C)O1. The van der Waals surface area contributed by atoms with Crippen LogP contribution in [0.25, 0.3) is 0 Å². The molecule has 12 heavy (non-hydrogen) atoms. The first-order chi connectivity index (χ1) is 5.39. The quantitative estimate of drug-likeness (QED) is 0.463. The van der Waals surface area contributed by atoms with Crippen molar-refractivity contribution in [1.29, 1.82) is 0 Å². The Morgan fingerprint density at radius 2 is 1.58 bits per heavy atom. The van der Waals surface area contributed by atoms with E-state index in [0.717, 1.165) is 0 Å². The first-order valence-electron chi connectivity index (χ1n) is 4.28. The molecule has 0 unspecified atom stereocenters. The molecule has 0 amide bonds. The maximum atomic E-state index is 5.67. The van der Waals surface area contributed by atoms with Gasteiger partial charge >= 0.3 is 7.12 Å². The molecule has 0 radical (unpaired) electrons. The predicted molar refractivity (Wildman–Crippen MR) is 49.8 cm³/mol. The number of rotatable bonds is 2. The zero-order valence-corrected chi connectivity index (χ0v) is 8.26. The van der Waals surface area contributed by atoms with Crippen LogP contribution in [-0.2, 0) is 9.31 Å². The lowest BCUT2D eigenvalue weighted by Gasteiger charge is -2.32. The monoisotopic (exact) mass is 167 g/mol. The fourth-order valence-corrected chi connectivity index (χ4v) is 1.17. The third-order valence-corrected chi connectivity index (χ3v) is 2.63. The van der Waals surface area contributed by atoms with E-state index in [9.17, 15) is 0 Å². The minimum Gasteiger partial charge on any atom is -0.403 e. The van der Waals surface area contributed by atoms with Crippen molar-refractivity contribution < 1.29 is 9.31 Å². The predicted octanol–water partition coefficient (Wildman–Crippen LogP) is 2.07. The summed E-state index contributed by atoms with van der Waals surface area (Å²) in [6.45, 7) is 13.4. The molecule has 0 aromatic rings. The minimum absolute atomic E-state index is 0.181. The lowest BCUT2D eigenvalue weighted by molar-refractivity contribution is 0.00578. The van der Waals surface area contributed by atoms with E-state index in [4.69, 9.17) is 15.9 Å². The Labute approximate surface area is 75.1 Å². The minimum atomic E-state index is -0.235. The smallest absolute Gasteiger partial charge is 0.403 e. The second kappa shape index (κ2) is 2.84. The molecule has 1 heterocycles. The van der Waals surface area contributed by atoms with Crippen LogP contribution in [0.3, 0.4) is 0 Å². The molecule has 0 atom stereocenters. The highest BCUT2D eigenvalue weighted by atomic mass is 16.7. The molecule has 1 fully saturated rings. The molecule has 3 heteroatoms. The maximum Gasteiger partial charge on any atom is 0.466 e. The van der Waals surface area contributed by atoms with Gasteiger partial charge in [0.25, 0.3) is 0 Å². The van der Waals surface area contributed by atoms with Crippen LogP contribution >= 0.6 is 0 Å². The first kappa shape index (κ1) is 9.72. The Morgan fingerprint density at radius 3 is 1.92 bits per heavy atom. The van der Waals surface area contributed by atoms with Gasteiger partial charge in [-0.1, -0.05) is 0 Å². The molecule has 66 valence electrons. The van der Waals surface area contributed by atoms with Crippen molar-refractivity contribution in [3.05, 3.63) is 12.7 Å². The molecule has 1 saturated heterocycles. The maximum absolute atomic E-state index is 5.67. The van der Waals surface area contributed by atoms with Gasteiger partial charge in [0, 0.05) is 0 Å². The second-order valence-corrected chi connectivity index (χ2v) is 4.16. The Morgan fingerprint density at radius 1 is 1.17 bits per heavy atom. The largest absolute Gasteiger partial charge is 0.466 e. The molecule has 0 bridgehead atoms. The zero-order valence-electron chi connectivity index (χ0n) is 8.26. The summed E-state index contributed by atoms with van der Waals surface area (Å²) in [5.74, 6) is 0. The van der Waals surface area contributed by atoms with Crippen LogP contribution in [0.1, 0.15) is 27.7 Å². The van der Waals surface area contributed by atoms with Crippen molar-refractivity contribution in [2.45, 2.75) is 45.2 Å². The molecular formula is C9H16BO2+. The van der Waals surface area contributed by atoms with Crippen molar-refractivity contribution in [2.75, 3.05) is 0 Å². The van der Waals surface area contributed by atoms with Crippen molar-refractivity contribution >= 4 is 7.12 Å². The molecule has 1 aliphatic heterocycles. The molecule has 0 spiro atoms. The van der Waals surface area contributed by atoms with Crippen molar-refractivity contribution in [3.63, 3.8) is 0 Å². The van der Waals surface area contributed by atoms with E-state index >= 15 is 0 Å². The fraction of sp³-hybridized carbons (Fsp3) is 0.778. The van der Waals surface area contributed by atoms with Crippen LogP contribution in [-0.4, -0.2) is 18.3 Å². The van der Waals surface area contributed by atoms with Crippen molar-refractivity contribution in [1.82, 2.24) is 0 Å². The summed E-state index contributed by atoms with van der Waals surface area (Å²) < 4.78 is 11.3. The van der Waals surface area contributed by atoms with E-state index in [1.807, 2.05) is 27.7 Å². The standard InChI is InChI=1S/C9H16BO2/c1-6-7-10-11-8(2,3)9(4,5)12-10/h1,6H,7H2,2-5H3/q+1. The van der Waals surface area contributed by atoms with Crippen molar-refractivity contribution in [3.8, 4) is 0 Å². The van der Waals surface area contributed by atoms with E-state index in [-0.39, 0.29) is 18.3 Å². The molecule has 0 aromatic heterocycles. The normalized spacial score (nSPS) is 25.8. The van der Waals surface area contributed by atoms with Gasteiger partial charge < -0.3 is 9.31 Å². The van der Waals surface area contributed by atoms with Gasteiger partial charge in [-0.05, 0) is 27.7 Å². The van der Waals surface area contributed by atoms with Crippen LogP contribution in [0.15, 0.2) is 6.08 Å². The Kier molecular flexibility index (Phi) is 2.30. The third-order valence-electron chi connectivity index (χ3n) is 2.63. The van der Waals surface area contributed by atoms with Crippen molar-refractivity contribution in [2.24, 2.45) is 0 Å². The lowest BCUT2D eigenvalue weighted by Crippen LogP contribution is -2.41. The van der Waals surface area contributed by atoms with Crippen LogP contribution in [0, 0.1) is 6.58 Å². The molecule has 2 nitrogen and oxygen atoms in total. The van der Waals surface area contributed by atoms with Gasteiger partial charge in [0.2, 0.25) is 6.58 Å². The van der Waals surface area contributed by atoms with Gasteiger partial charge in [0.05, 0.1) is 17.5 Å². The molecule has 1 aliphatic rings. The third kappa shape index (κ3) is 1.53. The molecule has 0 aliphatic carbocycles. The highest BCUT2D eigenvalue weighted by molar-refractivity contribution is 6.46. The number of allylic oxidation sites excluding steroid dienone is 1. The van der Waals surface area contributed by atoms with Gasteiger partial charge in [0.15, 0.2) is 0 Å². The highest BCUT2D eigenvalue weighted by Crippen LogP contribution is 2.37. The number of hydrogen-bond donors (Lipinski definition) is 0. The van der Waals surface area contributed by atoms with Crippen LogP contribution in [0.2, 0.25) is 6.32 Å². The van der Waals surface area contributed by atoms with E-state index in [1.54, 1.807) is 6.08 Å². The second-order valence-electron chi connectivity index (χ2n) is 4.16. The molecular weight excluding hydrogens is 151 g/mol. The average Bonchev–Trinajstić information content (AvgIpc) is 2.02. The molecule has 0 aromatic carbocycles. The Hall–Kier alpha value is -0.365. The summed E-state index contributed by atoms with van der Waals surface area (Å²) in [6.07, 6.45) is 2.22. The molecule has 1 rings (SSSR count). The van der Waals surface area contributed by atoms with Gasteiger partial charge in [-0.2, -0.15) is 0 Å². The van der Waals surface area contributed by atoms with E-state index in [0.29, 0.717) is 6.32 Å². The summed E-state index contributed by atoms with van der Waals surface area (Å²) in [4.78, 5) is 0. The fourth-order valence-electron chi connectivity index (χ4n) is 1.17. The summed E-state index contributed by atoms with van der Waals surface area (Å²) >= 11 is 0. The summed E-state index contributed by atoms with van der Waals surface area (Å²) in [5, 5.41) is 0. The van der Waals surface area contributed by atoms with E-state index in [1.165, 1.54) is 0 Å². The highest BCUT2D eigenvalue weighted by Gasteiger charge is 2.50. The summed E-state index contributed by atoms with van der Waals surface area (Å²) in [6, 6.07) is 0. The summed E-state index contributed by atoms with van der Waals surface area (Å²) in [5.41, 5.74) is -0.471.